The molecule has 2 aliphatic rings. The Morgan fingerprint density at radius 2 is 1.73 bits per heavy atom. The molecule has 1 atom stereocenters. The van der Waals surface area contributed by atoms with Gasteiger partial charge in [0.15, 0.2) is 11.5 Å². The molecule has 4 rings (SSSR count). The Labute approximate surface area is 194 Å². The van der Waals surface area contributed by atoms with Crippen LogP contribution >= 0.6 is 0 Å². The lowest BCUT2D eigenvalue weighted by atomic mass is 10.1. The lowest BCUT2D eigenvalue weighted by molar-refractivity contribution is -0.117. The Bertz CT molecular complexity index is 988. The van der Waals surface area contributed by atoms with Crippen molar-refractivity contribution >= 4 is 17.6 Å². The zero-order chi connectivity index (χ0) is 23.2. The van der Waals surface area contributed by atoms with Gasteiger partial charge in [-0.25, -0.2) is 4.79 Å². The molecule has 2 aromatic rings. The van der Waals surface area contributed by atoms with Crippen LogP contribution in [0.2, 0.25) is 0 Å². The molecule has 0 saturated carbocycles. The van der Waals surface area contributed by atoms with Gasteiger partial charge in [-0.05, 0) is 42.7 Å². The molecule has 8 heteroatoms. The van der Waals surface area contributed by atoms with Crippen molar-refractivity contribution in [2.24, 2.45) is 0 Å². The third-order valence-electron chi connectivity index (χ3n) is 6.11. The maximum absolute atomic E-state index is 12.8. The Hall–Kier alpha value is -3.26. The number of rotatable bonds is 6. The molecule has 0 aliphatic carbocycles. The first-order valence-corrected chi connectivity index (χ1v) is 11.6. The second-order valence-electron chi connectivity index (χ2n) is 8.40. The van der Waals surface area contributed by atoms with E-state index < -0.39 is 0 Å². The molecule has 2 N–H and O–H groups in total. The minimum atomic E-state index is -0.157. The molecule has 8 nitrogen and oxygen atoms in total. The highest BCUT2D eigenvalue weighted by molar-refractivity contribution is 5.93. The maximum Gasteiger partial charge on any atom is 0.317 e. The molecule has 176 valence electrons. The van der Waals surface area contributed by atoms with Crippen LogP contribution < -0.4 is 20.1 Å². The summed E-state index contributed by atoms with van der Waals surface area (Å²) < 4.78 is 11.2. The van der Waals surface area contributed by atoms with Crippen LogP contribution in [0.1, 0.15) is 31.0 Å². The summed E-state index contributed by atoms with van der Waals surface area (Å²) in [7, 11) is 0. The number of para-hydroxylation sites is 1. The number of nitrogens with one attached hydrogen (secondary N) is 2. The molecule has 0 bridgehead atoms. The Morgan fingerprint density at radius 1 is 1.00 bits per heavy atom. The number of aryl methyl sites for hydroxylation is 1. The molecule has 2 heterocycles. The van der Waals surface area contributed by atoms with Crippen LogP contribution in [0.25, 0.3) is 0 Å². The van der Waals surface area contributed by atoms with Crippen LogP contribution in [-0.4, -0.2) is 67.7 Å². The first kappa shape index (κ1) is 22.9. The highest BCUT2D eigenvalue weighted by Gasteiger charge is 2.24. The lowest BCUT2D eigenvalue weighted by Crippen LogP contribution is -2.53. The SMILES string of the molecule is CCc1ccccc1NC(=O)CN1CCN(C(=O)NC(C)c2ccc3c(c2)OCCO3)CC1. The molecule has 2 aliphatic heterocycles. The lowest BCUT2D eigenvalue weighted by Gasteiger charge is -2.35. The second kappa shape index (κ2) is 10.6. The van der Waals surface area contributed by atoms with Gasteiger partial charge >= 0.3 is 6.03 Å². The van der Waals surface area contributed by atoms with Gasteiger partial charge in [0.05, 0.1) is 12.6 Å². The molecular weight excluding hydrogens is 420 g/mol. The highest BCUT2D eigenvalue weighted by Crippen LogP contribution is 2.32. The van der Waals surface area contributed by atoms with E-state index in [1.54, 1.807) is 4.90 Å². The van der Waals surface area contributed by atoms with Crippen molar-refractivity contribution in [1.29, 1.82) is 0 Å². The summed E-state index contributed by atoms with van der Waals surface area (Å²) in [6.45, 7) is 7.92. The summed E-state index contributed by atoms with van der Waals surface area (Å²) >= 11 is 0. The van der Waals surface area contributed by atoms with Crippen molar-refractivity contribution in [2.45, 2.75) is 26.3 Å². The predicted molar refractivity (Wildman–Crippen MR) is 127 cm³/mol. The number of urea groups is 1. The van der Waals surface area contributed by atoms with Crippen LogP contribution in [0.4, 0.5) is 10.5 Å². The van der Waals surface area contributed by atoms with E-state index in [1.165, 1.54) is 0 Å². The zero-order valence-electron chi connectivity index (χ0n) is 19.3. The van der Waals surface area contributed by atoms with E-state index in [9.17, 15) is 9.59 Å². The van der Waals surface area contributed by atoms with Gasteiger partial charge in [0.2, 0.25) is 5.91 Å². The highest BCUT2D eigenvalue weighted by atomic mass is 16.6. The van der Waals surface area contributed by atoms with Crippen LogP contribution in [0.3, 0.4) is 0 Å². The molecule has 2 aromatic carbocycles. The van der Waals surface area contributed by atoms with Crippen molar-refractivity contribution in [2.75, 3.05) is 51.3 Å². The smallest absolute Gasteiger partial charge is 0.317 e. The largest absolute Gasteiger partial charge is 0.486 e. The minimum absolute atomic E-state index is 0.0268. The number of ether oxygens (including phenoxy) is 2. The third-order valence-corrected chi connectivity index (χ3v) is 6.11. The first-order valence-electron chi connectivity index (χ1n) is 11.6. The van der Waals surface area contributed by atoms with Crippen LogP contribution in [0, 0.1) is 0 Å². The maximum atomic E-state index is 12.8. The fraction of sp³-hybridized carbons (Fsp3) is 0.440. The van der Waals surface area contributed by atoms with Gasteiger partial charge in [0.1, 0.15) is 13.2 Å². The summed E-state index contributed by atoms with van der Waals surface area (Å²) in [6, 6.07) is 13.4. The van der Waals surface area contributed by atoms with E-state index in [0.717, 1.165) is 29.0 Å². The molecule has 1 fully saturated rings. The van der Waals surface area contributed by atoms with Gasteiger partial charge in [-0.3, -0.25) is 9.69 Å². The topological polar surface area (TPSA) is 83.1 Å². The molecule has 1 saturated heterocycles. The van der Waals surface area contributed by atoms with E-state index in [1.807, 2.05) is 49.4 Å². The van der Waals surface area contributed by atoms with Gasteiger partial charge in [0.25, 0.3) is 0 Å². The zero-order valence-corrected chi connectivity index (χ0v) is 19.3. The summed E-state index contributed by atoms with van der Waals surface area (Å²) in [5.41, 5.74) is 2.96. The molecule has 0 aromatic heterocycles. The molecule has 33 heavy (non-hydrogen) atoms. The Balaban J connectivity index is 1.24. The normalized spacial score (nSPS) is 16.7. The number of fused-ring (bicyclic) bond motifs is 1. The molecule has 0 spiro atoms. The van der Waals surface area contributed by atoms with Gasteiger partial charge in [0, 0.05) is 31.9 Å². The molecule has 0 radical (unpaired) electrons. The number of benzene rings is 2. The van der Waals surface area contributed by atoms with Crippen molar-refractivity contribution in [3.05, 3.63) is 53.6 Å². The standard InChI is InChI=1S/C25H32N4O4/c1-3-19-6-4-5-7-21(19)27-24(30)17-28-10-12-29(13-11-28)25(31)26-18(2)20-8-9-22-23(16-20)33-15-14-32-22/h4-9,16,18H,3,10-15,17H2,1-2H3,(H,26,31)(H,27,30). The fourth-order valence-electron chi connectivity index (χ4n) is 4.14. The predicted octanol–water partition coefficient (Wildman–Crippen LogP) is 3.05. The monoisotopic (exact) mass is 452 g/mol. The molecular formula is C25H32N4O4. The number of carbonyl (C=O) groups is 2. The Morgan fingerprint density at radius 3 is 2.48 bits per heavy atom. The molecule has 1 unspecified atom stereocenters. The number of nitrogens with zero attached hydrogens (tertiary/aromatic N) is 2. The van der Waals surface area contributed by atoms with Crippen molar-refractivity contribution in [1.82, 2.24) is 15.1 Å². The Kier molecular flexibility index (Phi) is 7.34. The summed E-state index contributed by atoms with van der Waals surface area (Å²) in [6.07, 6.45) is 0.870. The van der Waals surface area contributed by atoms with Crippen LogP contribution in [0.5, 0.6) is 11.5 Å². The van der Waals surface area contributed by atoms with Crippen molar-refractivity contribution < 1.29 is 19.1 Å². The fourth-order valence-corrected chi connectivity index (χ4v) is 4.14. The van der Waals surface area contributed by atoms with E-state index in [4.69, 9.17) is 9.47 Å². The summed E-state index contributed by atoms with van der Waals surface area (Å²) in [5.74, 6) is 1.43. The van der Waals surface area contributed by atoms with E-state index >= 15 is 0 Å². The summed E-state index contributed by atoms with van der Waals surface area (Å²) in [4.78, 5) is 29.2. The number of anilines is 1. The number of amides is 3. The number of carbonyl (C=O) groups excluding carboxylic acids is 2. The third kappa shape index (κ3) is 5.76. The second-order valence-corrected chi connectivity index (χ2v) is 8.40. The quantitative estimate of drug-likeness (QED) is 0.704. The molecule has 3 amide bonds. The average Bonchev–Trinajstić information content (AvgIpc) is 2.84. The van der Waals surface area contributed by atoms with Crippen molar-refractivity contribution in [3.63, 3.8) is 0 Å². The number of hydrogen-bond donors (Lipinski definition) is 2. The van der Waals surface area contributed by atoms with Gasteiger partial charge < -0.3 is 25.0 Å². The van der Waals surface area contributed by atoms with E-state index in [0.29, 0.717) is 51.7 Å². The summed E-state index contributed by atoms with van der Waals surface area (Å²) in [5, 5.41) is 6.08. The first-order chi connectivity index (χ1) is 16.0. The van der Waals surface area contributed by atoms with Crippen LogP contribution in [-0.2, 0) is 11.2 Å². The van der Waals surface area contributed by atoms with Gasteiger partial charge in [-0.2, -0.15) is 0 Å². The average molecular weight is 453 g/mol. The van der Waals surface area contributed by atoms with Crippen molar-refractivity contribution in [3.8, 4) is 11.5 Å². The minimum Gasteiger partial charge on any atom is -0.486 e. The van der Waals surface area contributed by atoms with Gasteiger partial charge in [-0.1, -0.05) is 31.2 Å². The number of hydrogen-bond acceptors (Lipinski definition) is 5. The van der Waals surface area contributed by atoms with Crippen LogP contribution in [0.15, 0.2) is 42.5 Å². The van der Waals surface area contributed by atoms with Gasteiger partial charge in [-0.15, -0.1) is 0 Å². The van der Waals surface area contributed by atoms with E-state index in [2.05, 4.69) is 22.5 Å². The number of piperazine rings is 1. The van der Waals surface area contributed by atoms with E-state index in [-0.39, 0.29) is 18.0 Å².